The number of hydrogen-bond donors (Lipinski definition) is 1. The topological polar surface area (TPSA) is 46.2 Å². The van der Waals surface area contributed by atoms with Crippen LogP contribution in [0.15, 0.2) is 36.4 Å². The van der Waals surface area contributed by atoms with Crippen LogP contribution >= 0.6 is 34.8 Å². The zero-order valence-corrected chi connectivity index (χ0v) is 14.1. The fourth-order valence-corrected chi connectivity index (χ4v) is 3.95. The van der Waals surface area contributed by atoms with Crippen molar-refractivity contribution in [2.45, 2.75) is 12.7 Å². The van der Waals surface area contributed by atoms with Gasteiger partial charge in [-0.25, -0.2) is 8.42 Å². The number of hydrogen-bond acceptors (Lipinski definition) is 2. The van der Waals surface area contributed by atoms with E-state index in [0.29, 0.717) is 26.3 Å². The number of halogens is 3. The second-order valence-corrected chi connectivity index (χ2v) is 7.49. The molecule has 2 rings (SSSR count). The van der Waals surface area contributed by atoms with Crippen LogP contribution in [-0.4, -0.2) is 8.42 Å². The van der Waals surface area contributed by atoms with Crippen LogP contribution in [-0.2, 0) is 15.8 Å². The van der Waals surface area contributed by atoms with Crippen LogP contribution in [0.2, 0.25) is 15.1 Å². The molecule has 112 valence electrons. The minimum absolute atomic E-state index is 0.308. The van der Waals surface area contributed by atoms with Gasteiger partial charge in [0.05, 0.1) is 11.4 Å². The molecule has 0 unspecified atom stereocenters. The maximum atomic E-state index is 12.3. The van der Waals surface area contributed by atoms with Crippen molar-refractivity contribution in [2.75, 3.05) is 4.72 Å². The largest absolute Gasteiger partial charge is 0.283 e. The molecule has 21 heavy (non-hydrogen) atoms. The Balaban J connectivity index is 2.29. The molecule has 0 fully saturated rings. The van der Waals surface area contributed by atoms with Gasteiger partial charge >= 0.3 is 0 Å². The second-order valence-electron chi connectivity index (χ2n) is 4.52. The molecule has 3 nitrogen and oxygen atoms in total. The van der Waals surface area contributed by atoms with Gasteiger partial charge in [-0.1, -0.05) is 46.9 Å². The van der Waals surface area contributed by atoms with E-state index in [0.717, 1.165) is 5.56 Å². The first-order chi connectivity index (χ1) is 9.78. The van der Waals surface area contributed by atoms with E-state index in [2.05, 4.69) is 4.72 Å². The maximum Gasteiger partial charge on any atom is 0.237 e. The Labute approximate surface area is 138 Å². The van der Waals surface area contributed by atoms with Crippen molar-refractivity contribution in [1.82, 2.24) is 0 Å². The maximum absolute atomic E-state index is 12.3. The van der Waals surface area contributed by atoms with Gasteiger partial charge in [-0.15, -0.1) is 0 Å². The average Bonchev–Trinajstić information content (AvgIpc) is 2.38. The number of sulfonamides is 1. The fraction of sp³-hybridized carbons (Fsp3) is 0.143. The molecule has 0 aliphatic rings. The average molecular weight is 365 g/mol. The molecule has 1 N–H and O–H groups in total. The molecule has 0 radical (unpaired) electrons. The summed E-state index contributed by atoms with van der Waals surface area (Å²) in [6.07, 6.45) is 0. The lowest BCUT2D eigenvalue weighted by Crippen LogP contribution is -2.16. The smallest absolute Gasteiger partial charge is 0.237 e. The van der Waals surface area contributed by atoms with Gasteiger partial charge in [0.2, 0.25) is 10.0 Å². The van der Waals surface area contributed by atoms with E-state index >= 15 is 0 Å². The molecule has 0 saturated heterocycles. The highest BCUT2D eigenvalue weighted by atomic mass is 35.5. The van der Waals surface area contributed by atoms with Crippen molar-refractivity contribution < 1.29 is 8.42 Å². The molecular formula is C14H12Cl3NO2S. The Kier molecular flexibility index (Phi) is 5.04. The van der Waals surface area contributed by atoms with Crippen LogP contribution in [0.25, 0.3) is 0 Å². The zero-order chi connectivity index (χ0) is 15.6. The Morgan fingerprint density at radius 1 is 1.05 bits per heavy atom. The predicted octanol–water partition coefficient (Wildman–Crippen LogP) is 4.90. The minimum atomic E-state index is -3.65. The molecule has 0 aliphatic heterocycles. The summed E-state index contributed by atoms with van der Waals surface area (Å²) >= 11 is 17.9. The summed E-state index contributed by atoms with van der Waals surface area (Å²) in [6.45, 7) is 1.79. The SMILES string of the molecule is Cc1ccc(Cl)cc1NS(=O)(=O)Cc1c(Cl)cccc1Cl. The quantitative estimate of drug-likeness (QED) is 0.839. The fourth-order valence-electron chi connectivity index (χ4n) is 1.77. The Morgan fingerprint density at radius 2 is 1.67 bits per heavy atom. The minimum Gasteiger partial charge on any atom is -0.283 e. The highest BCUT2D eigenvalue weighted by molar-refractivity contribution is 7.91. The van der Waals surface area contributed by atoms with Crippen LogP contribution in [0.1, 0.15) is 11.1 Å². The molecule has 2 aromatic carbocycles. The normalized spacial score (nSPS) is 11.4. The summed E-state index contributed by atoms with van der Waals surface area (Å²) < 4.78 is 27.0. The van der Waals surface area contributed by atoms with Gasteiger partial charge in [0.15, 0.2) is 0 Å². The van der Waals surface area contributed by atoms with E-state index in [-0.39, 0.29) is 5.75 Å². The number of nitrogens with one attached hydrogen (secondary N) is 1. The van der Waals surface area contributed by atoms with Crippen LogP contribution in [0.3, 0.4) is 0 Å². The molecular weight excluding hydrogens is 353 g/mol. The molecule has 0 aliphatic carbocycles. The Morgan fingerprint density at radius 3 is 2.29 bits per heavy atom. The highest BCUT2D eigenvalue weighted by Crippen LogP contribution is 2.28. The lowest BCUT2D eigenvalue weighted by atomic mass is 10.2. The van der Waals surface area contributed by atoms with E-state index in [9.17, 15) is 8.42 Å². The molecule has 0 amide bonds. The van der Waals surface area contributed by atoms with E-state index < -0.39 is 10.0 Å². The van der Waals surface area contributed by atoms with Gasteiger partial charge in [0.1, 0.15) is 0 Å². The highest BCUT2D eigenvalue weighted by Gasteiger charge is 2.17. The van der Waals surface area contributed by atoms with E-state index in [4.69, 9.17) is 34.8 Å². The molecule has 0 atom stereocenters. The van der Waals surface area contributed by atoms with Crippen molar-refractivity contribution in [3.63, 3.8) is 0 Å². The standard InChI is InChI=1S/C14H12Cl3NO2S/c1-9-5-6-10(15)7-14(9)18-21(19,20)8-11-12(16)3-2-4-13(11)17/h2-7,18H,8H2,1H3. The summed E-state index contributed by atoms with van der Waals surface area (Å²) in [4.78, 5) is 0. The zero-order valence-electron chi connectivity index (χ0n) is 11.0. The van der Waals surface area contributed by atoms with Crippen molar-refractivity contribution in [3.8, 4) is 0 Å². The first kappa shape index (κ1) is 16.4. The predicted molar refractivity (Wildman–Crippen MR) is 88.9 cm³/mol. The van der Waals surface area contributed by atoms with Gasteiger partial charge in [-0.05, 0) is 36.8 Å². The number of rotatable bonds is 4. The molecule has 0 spiro atoms. The van der Waals surface area contributed by atoms with Crippen LogP contribution < -0.4 is 4.72 Å². The number of aryl methyl sites for hydroxylation is 1. The van der Waals surface area contributed by atoms with Gasteiger partial charge in [-0.3, -0.25) is 4.72 Å². The van der Waals surface area contributed by atoms with Gasteiger partial charge < -0.3 is 0 Å². The summed E-state index contributed by atoms with van der Waals surface area (Å²) in [5, 5.41) is 1.08. The number of anilines is 1. The van der Waals surface area contributed by atoms with Crippen molar-refractivity contribution in [1.29, 1.82) is 0 Å². The number of benzene rings is 2. The first-order valence-electron chi connectivity index (χ1n) is 5.98. The molecule has 7 heteroatoms. The summed E-state index contributed by atoms with van der Waals surface area (Å²) in [7, 11) is -3.65. The van der Waals surface area contributed by atoms with E-state index in [1.54, 1.807) is 43.3 Å². The Bertz CT molecular complexity index is 756. The summed E-state index contributed by atoms with van der Waals surface area (Å²) in [6, 6.07) is 9.85. The molecule has 0 aromatic heterocycles. The monoisotopic (exact) mass is 363 g/mol. The van der Waals surface area contributed by atoms with Crippen molar-refractivity contribution in [2.24, 2.45) is 0 Å². The first-order valence-corrected chi connectivity index (χ1v) is 8.76. The second kappa shape index (κ2) is 6.44. The molecule has 0 bridgehead atoms. The van der Waals surface area contributed by atoms with Crippen LogP contribution in [0, 0.1) is 6.92 Å². The van der Waals surface area contributed by atoms with Gasteiger partial charge in [-0.2, -0.15) is 0 Å². The molecule has 2 aromatic rings. The summed E-state index contributed by atoms with van der Waals surface area (Å²) in [5.41, 5.74) is 1.58. The molecule has 0 heterocycles. The lowest BCUT2D eigenvalue weighted by Gasteiger charge is -2.12. The van der Waals surface area contributed by atoms with E-state index in [1.165, 1.54) is 0 Å². The third kappa shape index (κ3) is 4.27. The third-order valence-corrected chi connectivity index (χ3v) is 5.00. The third-order valence-electron chi connectivity index (χ3n) is 2.86. The summed E-state index contributed by atoms with van der Waals surface area (Å²) in [5.74, 6) is -0.308. The van der Waals surface area contributed by atoms with Gasteiger partial charge in [0, 0.05) is 20.6 Å². The van der Waals surface area contributed by atoms with Crippen molar-refractivity contribution >= 4 is 50.5 Å². The van der Waals surface area contributed by atoms with E-state index in [1.807, 2.05) is 0 Å². The Hall–Kier alpha value is -0.940. The van der Waals surface area contributed by atoms with Crippen LogP contribution in [0.5, 0.6) is 0 Å². The molecule has 0 saturated carbocycles. The van der Waals surface area contributed by atoms with Crippen LogP contribution in [0.4, 0.5) is 5.69 Å². The lowest BCUT2D eigenvalue weighted by molar-refractivity contribution is 0.600. The van der Waals surface area contributed by atoms with Gasteiger partial charge in [0.25, 0.3) is 0 Å². The van der Waals surface area contributed by atoms with Crippen molar-refractivity contribution in [3.05, 3.63) is 62.6 Å².